The second-order valence-electron chi connectivity index (χ2n) is 4.28. The van der Waals surface area contributed by atoms with E-state index in [-0.39, 0.29) is 23.0 Å². The van der Waals surface area contributed by atoms with Crippen LogP contribution in [0.4, 0.5) is 5.69 Å². The molecule has 0 saturated carbocycles. The number of aromatic nitrogens is 1. The Kier molecular flexibility index (Phi) is 6.84. The van der Waals surface area contributed by atoms with Crippen molar-refractivity contribution >= 4 is 40.0 Å². The van der Waals surface area contributed by atoms with E-state index in [1.807, 2.05) is 12.1 Å². The zero-order valence-electron chi connectivity index (χ0n) is 12.3. The van der Waals surface area contributed by atoms with Crippen LogP contribution in [0.5, 0.6) is 0 Å². The number of aryl methyl sites for hydroxylation is 1. The molecule has 0 bridgehead atoms. The molecule has 0 amide bonds. The number of carbonyl (C=O) groups is 1. The van der Waals surface area contributed by atoms with E-state index < -0.39 is 0 Å². The number of ether oxygens (including phenoxy) is 1. The Hall–Kier alpha value is -1.40. The number of carbonyl (C=O) groups excluding carboxylic acids is 1. The first-order valence-corrected chi connectivity index (χ1v) is 7.50. The van der Waals surface area contributed by atoms with Crippen molar-refractivity contribution in [2.75, 3.05) is 6.61 Å². The van der Waals surface area contributed by atoms with Gasteiger partial charge in [0.1, 0.15) is 0 Å². The van der Waals surface area contributed by atoms with Crippen LogP contribution in [-0.4, -0.2) is 17.1 Å². The molecule has 0 aliphatic rings. The van der Waals surface area contributed by atoms with Crippen molar-refractivity contribution in [1.82, 2.24) is 4.57 Å². The quantitative estimate of drug-likeness (QED) is 0.766. The molecule has 0 N–H and O–H groups in total. The summed E-state index contributed by atoms with van der Waals surface area (Å²) in [5.41, 5.74) is 2.60. The number of thiazole rings is 1. The van der Waals surface area contributed by atoms with Gasteiger partial charge < -0.3 is 9.30 Å². The van der Waals surface area contributed by atoms with Gasteiger partial charge in [0, 0.05) is 17.6 Å². The van der Waals surface area contributed by atoms with Gasteiger partial charge in [0.05, 0.1) is 17.9 Å². The lowest BCUT2D eigenvalue weighted by Gasteiger charge is -2.02. The van der Waals surface area contributed by atoms with Gasteiger partial charge >= 0.3 is 5.97 Å². The Morgan fingerprint density at radius 3 is 2.52 bits per heavy atom. The molecule has 1 aromatic carbocycles. The van der Waals surface area contributed by atoms with Crippen molar-refractivity contribution in [2.24, 2.45) is 4.99 Å². The number of hydrogen-bond acceptors (Lipinski definition) is 4. The average molecular weight is 371 g/mol. The summed E-state index contributed by atoms with van der Waals surface area (Å²) >= 11 is 1.62. The molecule has 114 valence electrons. The summed E-state index contributed by atoms with van der Waals surface area (Å²) in [5, 5.41) is 2.09. The van der Waals surface area contributed by atoms with Crippen LogP contribution in [-0.2, 0) is 11.3 Å². The molecule has 2 aromatic rings. The van der Waals surface area contributed by atoms with Crippen LogP contribution in [0.25, 0.3) is 0 Å². The highest BCUT2D eigenvalue weighted by atomic mass is 79.9. The summed E-state index contributed by atoms with van der Waals surface area (Å²) in [6.45, 7) is 7.25. The fourth-order valence-corrected chi connectivity index (χ4v) is 2.85. The Morgan fingerprint density at radius 1 is 1.29 bits per heavy atom. The number of esters is 1. The van der Waals surface area contributed by atoms with E-state index in [2.05, 4.69) is 28.8 Å². The van der Waals surface area contributed by atoms with Crippen LogP contribution in [0.15, 0.2) is 34.6 Å². The highest BCUT2D eigenvalue weighted by molar-refractivity contribution is 8.93. The maximum absolute atomic E-state index is 11.6. The topological polar surface area (TPSA) is 43.6 Å². The maximum Gasteiger partial charge on any atom is 0.338 e. The highest BCUT2D eigenvalue weighted by Gasteiger charge is 2.05. The van der Waals surface area contributed by atoms with E-state index in [0.717, 1.165) is 17.0 Å². The van der Waals surface area contributed by atoms with Crippen LogP contribution >= 0.6 is 28.3 Å². The van der Waals surface area contributed by atoms with Crippen LogP contribution in [0.1, 0.15) is 29.9 Å². The highest BCUT2D eigenvalue weighted by Crippen LogP contribution is 2.14. The molecule has 0 atom stereocenters. The van der Waals surface area contributed by atoms with Gasteiger partial charge in [-0.1, -0.05) is 0 Å². The van der Waals surface area contributed by atoms with Crippen molar-refractivity contribution in [1.29, 1.82) is 0 Å². The van der Waals surface area contributed by atoms with Crippen LogP contribution in [0, 0.1) is 6.92 Å². The second kappa shape index (κ2) is 8.14. The summed E-state index contributed by atoms with van der Waals surface area (Å²) in [5.74, 6) is -0.297. The van der Waals surface area contributed by atoms with Crippen LogP contribution in [0.3, 0.4) is 0 Å². The van der Waals surface area contributed by atoms with Gasteiger partial charge in [0.15, 0.2) is 4.80 Å². The van der Waals surface area contributed by atoms with E-state index in [0.29, 0.717) is 12.2 Å². The third-order valence-corrected chi connectivity index (χ3v) is 3.89. The van der Waals surface area contributed by atoms with Gasteiger partial charge in [-0.2, -0.15) is 0 Å². The van der Waals surface area contributed by atoms with Gasteiger partial charge in [-0.25, -0.2) is 9.79 Å². The lowest BCUT2D eigenvalue weighted by Crippen LogP contribution is -2.14. The lowest BCUT2D eigenvalue weighted by molar-refractivity contribution is 0.0526. The zero-order valence-corrected chi connectivity index (χ0v) is 14.9. The summed E-state index contributed by atoms with van der Waals surface area (Å²) in [6, 6.07) is 7.16. The van der Waals surface area contributed by atoms with Gasteiger partial charge in [-0.3, -0.25) is 0 Å². The minimum absolute atomic E-state index is 0. The van der Waals surface area contributed by atoms with Crippen molar-refractivity contribution in [3.05, 3.63) is 45.7 Å². The molecule has 0 radical (unpaired) electrons. The van der Waals surface area contributed by atoms with Crippen LogP contribution < -0.4 is 4.80 Å². The summed E-state index contributed by atoms with van der Waals surface area (Å²) < 4.78 is 7.11. The van der Waals surface area contributed by atoms with Gasteiger partial charge in [0.2, 0.25) is 0 Å². The van der Waals surface area contributed by atoms with Crippen molar-refractivity contribution in [2.45, 2.75) is 27.3 Å². The molecule has 4 nitrogen and oxygen atoms in total. The van der Waals surface area contributed by atoms with E-state index in [1.165, 1.54) is 5.69 Å². The molecule has 0 fully saturated rings. The molecule has 0 saturated heterocycles. The molecule has 0 aliphatic heterocycles. The molecule has 6 heteroatoms. The molecule has 0 spiro atoms. The largest absolute Gasteiger partial charge is 0.462 e. The summed E-state index contributed by atoms with van der Waals surface area (Å²) in [6.07, 6.45) is 0. The number of hydrogen-bond donors (Lipinski definition) is 0. The Bertz CT molecular complexity index is 659. The van der Waals surface area contributed by atoms with E-state index in [1.54, 1.807) is 30.4 Å². The van der Waals surface area contributed by atoms with E-state index in [4.69, 9.17) is 4.74 Å². The van der Waals surface area contributed by atoms with Crippen LogP contribution in [0.2, 0.25) is 0 Å². The zero-order chi connectivity index (χ0) is 14.5. The van der Waals surface area contributed by atoms with E-state index >= 15 is 0 Å². The first-order chi connectivity index (χ1) is 9.65. The molecule has 0 unspecified atom stereocenters. The third-order valence-electron chi connectivity index (χ3n) is 2.91. The Balaban J connectivity index is 0.00000220. The molecular formula is C15H19BrN2O2S. The SMILES string of the molecule is Br.CCOC(=O)c1ccc(N=c2scc(C)n2CC)cc1. The molecule has 1 aromatic heterocycles. The van der Waals surface area contributed by atoms with Crippen molar-refractivity contribution < 1.29 is 9.53 Å². The minimum Gasteiger partial charge on any atom is -0.462 e. The summed E-state index contributed by atoms with van der Waals surface area (Å²) in [4.78, 5) is 17.1. The first-order valence-electron chi connectivity index (χ1n) is 6.62. The number of halogens is 1. The molecule has 0 aliphatic carbocycles. The number of nitrogens with zero attached hydrogens (tertiary/aromatic N) is 2. The molecule has 21 heavy (non-hydrogen) atoms. The van der Waals surface area contributed by atoms with Gasteiger partial charge in [-0.15, -0.1) is 28.3 Å². The van der Waals surface area contributed by atoms with Gasteiger partial charge in [-0.05, 0) is 45.0 Å². The second-order valence-corrected chi connectivity index (χ2v) is 5.12. The average Bonchev–Trinajstić information content (AvgIpc) is 2.80. The third kappa shape index (κ3) is 4.28. The predicted molar refractivity (Wildman–Crippen MR) is 90.7 cm³/mol. The fourth-order valence-electron chi connectivity index (χ4n) is 1.88. The predicted octanol–water partition coefficient (Wildman–Crippen LogP) is 3.86. The van der Waals surface area contributed by atoms with Gasteiger partial charge in [0.25, 0.3) is 0 Å². The minimum atomic E-state index is -0.297. The Morgan fingerprint density at radius 2 is 1.95 bits per heavy atom. The Labute approximate surface area is 138 Å². The van der Waals surface area contributed by atoms with Crippen molar-refractivity contribution in [3.63, 3.8) is 0 Å². The monoisotopic (exact) mass is 370 g/mol. The fraction of sp³-hybridized carbons (Fsp3) is 0.333. The summed E-state index contributed by atoms with van der Waals surface area (Å²) in [7, 11) is 0. The normalized spacial score (nSPS) is 11.1. The first kappa shape index (κ1) is 17.7. The number of benzene rings is 1. The molecular weight excluding hydrogens is 352 g/mol. The number of rotatable bonds is 4. The standard InChI is InChI=1S/C15H18N2O2S.BrH/c1-4-17-11(3)10-20-15(17)16-13-8-6-12(7-9-13)14(18)19-5-2;/h6-10H,4-5H2,1-3H3;1H. The van der Waals surface area contributed by atoms with E-state index in [9.17, 15) is 4.79 Å². The maximum atomic E-state index is 11.6. The molecule has 2 rings (SSSR count). The van der Waals surface area contributed by atoms with Crippen molar-refractivity contribution in [3.8, 4) is 0 Å². The molecule has 1 heterocycles. The smallest absolute Gasteiger partial charge is 0.338 e. The lowest BCUT2D eigenvalue weighted by atomic mass is 10.2.